The van der Waals surface area contributed by atoms with E-state index in [0.29, 0.717) is 25.9 Å². The molecule has 0 radical (unpaired) electrons. The standard InChI is InChI=1S/C13H18F2N2O2/c1-19-8-13(18)2-4-17(5-3-13)12-10(14)6-9(16)7-11(12)15/h6-7,18H,2-5,8,16H2,1H3. The molecule has 1 fully saturated rings. The third-order valence-corrected chi connectivity index (χ3v) is 3.46. The van der Waals surface area contributed by atoms with E-state index in [9.17, 15) is 13.9 Å². The zero-order chi connectivity index (χ0) is 14.0. The highest BCUT2D eigenvalue weighted by atomic mass is 19.1. The van der Waals surface area contributed by atoms with Gasteiger partial charge in [-0.3, -0.25) is 0 Å². The minimum absolute atomic E-state index is 0.0617. The fourth-order valence-electron chi connectivity index (χ4n) is 2.45. The highest BCUT2D eigenvalue weighted by Crippen LogP contribution is 2.31. The van der Waals surface area contributed by atoms with E-state index in [0.717, 1.165) is 12.1 Å². The van der Waals surface area contributed by atoms with Gasteiger partial charge in [-0.15, -0.1) is 0 Å². The van der Waals surface area contributed by atoms with Crippen molar-refractivity contribution in [3.8, 4) is 0 Å². The van der Waals surface area contributed by atoms with Gasteiger partial charge < -0.3 is 20.5 Å². The molecule has 0 saturated carbocycles. The molecule has 0 unspecified atom stereocenters. The quantitative estimate of drug-likeness (QED) is 0.819. The molecule has 4 nitrogen and oxygen atoms in total. The highest BCUT2D eigenvalue weighted by molar-refractivity contribution is 5.56. The molecule has 0 aliphatic carbocycles. The number of nitrogens with zero attached hydrogens (tertiary/aromatic N) is 1. The molecule has 6 heteroatoms. The van der Waals surface area contributed by atoms with Crippen LogP contribution in [0.5, 0.6) is 0 Å². The van der Waals surface area contributed by atoms with Crippen molar-refractivity contribution in [1.82, 2.24) is 0 Å². The summed E-state index contributed by atoms with van der Waals surface area (Å²) >= 11 is 0. The molecule has 0 bridgehead atoms. The van der Waals surface area contributed by atoms with Gasteiger partial charge in [0.25, 0.3) is 0 Å². The summed E-state index contributed by atoms with van der Waals surface area (Å²) in [7, 11) is 1.52. The lowest BCUT2D eigenvalue weighted by Crippen LogP contribution is -2.47. The minimum atomic E-state index is -0.911. The topological polar surface area (TPSA) is 58.7 Å². The Kier molecular flexibility index (Phi) is 3.91. The van der Waals surface area contributed by atoms with Gasteiger partial charge >= 0.3 is 0 Å². The molecule has 1 aromatic carbocycles. The first kappa shape index (κ1) is 14.0. The molecule has 106 valence electrons. The molecular weight excluding hydrogens is 254 g/mol. The molecule has 19 heavy (non-hydrogen) atoms. The lowest BCUT2D eigenvalue weighted by atomic mass is 9.92. The molecule has 1 saturated heterocycles. The Morgan fingerprint density at radius 2 is 1.84 bits per heavy atom. The number of methoxy groups -OCH3 is 1. The Balaban J connectivity index is 2.14. The molecule has 1 heterocycles. The van der Waals surface area contributed by atoms with Gasteiger partial charge in [0.1, 0.15) is 5.69 Å². The molecule has 1 aliphatic rings. The molecule has 0 atom stereocenters. The van der Waals surface area contributed by atoms with Gasteiger partial charge in [0.05, 0.1) is 12.2 Å². The Morgan fingerprint density at radius 3 is 2.32 bits per heavy atom. The first-order valence-corrected chi connectivity index (χ1v) is 6.16. The van der Waals surface area contributed by atoms with Crippen molar-refractivity contribution in [2.45, 2.75) is 18.4 Å². The predicted molar refractivity (Wildman–Crippen MR) is 69.0 cm³/mol. The van der Waals surface area contributed by atoms with Crippen LogP contribution in [0.2, 0.25) is 0 Å². The third-order valence-electron chi connectivity index (χ3n) is 3.46. The van der Waals surface area contributed by atoms with Crippen LogP contribution in [0.15, 0.2) is 12.1 Å². The molecule has 0 spiro atoms. The van der Waals surface area contributed by atoms with Crippen LogP contribution < -0.4 is 10.6 Å². The van der Waals surface area contributed by atoms with E-state index in [1.807, 2.05) is 0 Å². The van der Waals surface area contributed by atoms with Crippen molar-refractivity contribution < 1.29 is 18.6 Å². The monoisotopic (exact) mass is 272 g/mol. The number of rotatable bonds is 3. The summed E-state index contributed by atoms with van der Waals surface area (Å²) < 4.78 is 32.5. The lowest BCUT2D eigenvalue weighted by molar-refractivity contribution is -0.0473. The van der Waals surface area contributed by atoms with E-state index in [-0.39, 0.29) is 18.0 Å². The second-order valence-electron chi connectivity index (χ2n) is 4.98. The first-order valence-electron chi connectivity index (χ1n) is 6.16. The number of nitrogens with two attached hydrogens (primary N) is 1. The number of hydrogen-bond acceptors (Lipinski definition) is 4. The number of hydrogen-bond donors (Lipinski definition) is 2. The lowest BCUT2D eigenvalue weighted by Gasteiger charge is -2.39. The maximum Gasteiger partial charge on any atom is 0.151 e. The molecule has 1 aliphatic heterocycles. The SMILES string of the molecule is COCC1(O)CCN(c2c(F)cc(N)cc2F)CC1. The molecule has 2 rings (SSSR count). The molecule has 3 N–H and O–H groups in total. The maximum absolute atomic E-state index is 13.8. The largest absolute Gasteiger partial charge is 0.399 e. The van der Waals surface area contributed by atoms with E-state index in [2.05, 4.69) is 0 Å². The summed E-state index contributed by atoms with van der Waals surface area (Å²) in [4.78, 5) is 1.59. The van der Waals surface area contributed by atoms with Gasteiger partial charge in [0.15, 0.2) is 11.6 Å². The van der Waals surface area contributed by atoms with Crippen LogP contribution in [0.25, 0.3) is 0 Å². The second kappa shape index (κ2) is 5.30. The minimum Gasteiger partial charge on any atom is -0.399 e. The number of anilines is 2. The number of piperidine rings is 1. The van der Waals surface area contributed by atoms with Crippen molar-refractivity contribution in [2.24, 2.45) is 0 Å². The maximum atomic E-state index is 13.8. The van der Waals surface area contributed by atoms with Crippen molar-refractivity contribution in [3.63, 3.8) is 0 Å². The average Bonchev–Trinajstić information content (AvgIpc) is 2.31. The van der Waals surface area contributed by atoms with E-state index in [4.69, 9.17) is 10.5 Å². The number of aliphatic hydroxyl groups is 1. The van der Waals surface area contributed by atoms with Crippen molar-refractivity contribution in [2.75, 3.05) is 37.4 Å². The zero-order valence-electron chi connectivity index (χ0n) is 10.8. The highest BCUT2D eigenvalue weighted by Gasteiger charge is 2.33. The molecule has 0 amide bonds. The first-order chi connectivity index (χ1) is 8.95. The molecular formula is C13H18F2N2O2. The number of benzene rings is 1. The van der Waals surface area contributed by atoms with Gasteiger partial charge in [-0.25, -0.2) is 8.78 Å². The fourth-order valence-corrected chi connectivity index (χ4v) is 2.45. The van der Waals surface area contributed by atoms with E-state index in [1.165, 1.54) is 7.11 Å². The van der Waals surface area contributed by atoms with Gasteiger partial charge in [-0.05, 0) is 25.0 Å². The van der Waals surface area contributed by atoms with Crippen LogP contribution in [0.3, 0.4) is 0 Å². The summed E-state index contributed by atoms with van der Waals surface area (Å²) in [5.41, 5.74) is 4.46. The Bertz CT molecular complexity index is 437. The van der Waals surface area contributed by atoms with Gasteiger partial charge in [0, 0.05) is 25.9 Å². The number of halogens is 2. The van der Waals surface area contributed by atoms with Gasteiger partial charge in [0.2, 0.25) is 0 Å². The van der Waals surface area contributed by atoms with Crippen LogP contribution in [0, 0.1) is 11.6 Å². The Morgan fingerprint density at radius 1 is 1.32 bits per heavy atom. The predicted octanol–water partition coefficient (Wildman–Crippen LogP) is 1.52. The molecule has 0 aromatic heterocycles. The number of nitrogen functional groups attached to an aromatic ring is 1. The summed E-state index contributed by atoms with van der Waals surface area (Å²) in [5, 5.41) is 10.2. The van der Waals surface area contributed by atoms with Crippen molar-refractivity contribution in [1.29, 1.82) is 0 Å². The smallest absolute Gasteiger partial charge is 0.151 e. The zero-order valence-corrected chi connectivity index (χ0v) is 10.8. The van der Waals surface area contributed by atoms with Gasteiger partial charge in [-0.1, -0.05) is 0 Å². The van der Waals surface area contributed by atoms with Crippen molar-refractivity contribution in [3.05, 3.63) is 23.8 Å². The van der Waals surface area contributed by atoms with E-state index in [1.54, 1.807) is 4.90 Å². The summed E-state index contributed by atoms with van der Waals surface area (Å²) in [6, 6.07) is 2.21. The summed E-state index contributed by atoms with van der Waals surface area (Å²) in [6.45, 7) is 0.975. The van der Waals surface area contributed by atoms with Crippen molar-refractivity contribution >= 4 is 11.4 Å². The van der Waals surface area contributed by atoms with Gasteiger partial charge in [-0.2, -0.15) is 0 Å². The fraction of sp³-hybridized carbons (Fsp3) is 0.538. The van der Waals surface area contributed by atoms with E-state index >= 15 is 0 Å². The van der Waals surface area contributed by atoms with Crippen LogP contribution in [0.4, 0.5) is 20.2 Å². The van der Waals surface area contributed by atoms with Crippen LogP contribution in [-0.4, -0.2) is 37.5 Å². The van der Waals surface area contributed by atoms with E-state index < -0.39 is 17.2 Å². The van der Waals surface area contributed by atoms with Crippen LogP contribution in [0.1, 0.15) is 12.8 Å². The Labute approximate surface area is 110 Å². The third kappa shape index (κ3) is 2.96. The average molecular weight is 272 g/mol. The normalized spacial score (nSPS) is 18.6. The number of ether oxygens (including phenoxy) is 1. The summed E-state index contributed by atoms with van der Waals surface area (Å²) in [5.74, 6) is -1.34. The van der Waals surface area contributed by atoms with Crippen LogP contribution >= 0.6 is 0 Å². The Hall–Kier alpha value is -1.40. The summed E-state index contributed by atoms with van der Waals surface area (Å²) in [6.07, 6.45) is 0.814. The van der Waals surface area contributed by atoms with Crippen LogP contribution in [-0.2, 0) is 4.74 Å². The second-order valence-corrected chi connectivity index (χ2v) is 4.98. The molecule has 1 aromatic rings.